The summed E-state index contributed by atoms with van der Waals surface area (Å²) in [7, 11) is 0. The molecule has 188 valence electrons. The van der Waals surface area contributed by atoms with Crippen LogP contribution in [-0.2, 0) is 6.42 Å². The van der Waals surface area contributed by atoms with Gasteiger partial charge in [0, 0.05) is 31.1 Å². The molecule has 0 radical (unpaired) electrons. The molecule has 0 spiro atoms. The zero-order valence-electron chi connectivity index (χ0n) is 19.6. The fraction of sp³-hybridized carbons (Fsp3) is 0.520. The smallest absolute Gasteiger partial charge is 0.283 e. The van der Waals surface area contributed by atoms with Crippen LogP contribution < -0.4 is 4.74 Å². The average molecular weight is 490 g/mol. The number of aliphatic hydroxyl groups excluding tert-OH is 1. The van der Waals surface area contributed by atoms with Crippen molar-refractivity contribution in [3.05, 3.63) is 53.5 Å². The van der Waals surface area contributed by atoms with Crippen molar-refractivity contribution in [1.29, 1.82) is 0 Å². The summed E-state index contributed by atoms with van der Waals surface area (Å²) in [5.41, 5.74) is 3.53. The molecule has 0 bridgehead atoms. The Kier molecular flexibility index (Phi) is 6.69. The van der Waals surface area contributed by atoms with Gasteiger partial charge in [0.25, 0.3) is 5.92 Å². The number of aromatic nitrogens is 3. The SMILES string of the molecule is C[C@@H]1Cc2c(ccc3[nH]ncc23)[C@@H](c2ccc(OC3CN(CCCF)C3)cn2)N1CC(F)(F)CO. The molecule has 4 heterocycles. The topological polar surface area (TPSA) is 77.5 Å². The number of H-pyrrole nitrogens is 1. The molecule has 35 heavy (non-hydrogen) atoms. The number of hydrogen-bond donors (Lipinski definition) is 2. The lowest BCUT2D eigenvalue weighted by Gasteiger charge is -2.43. The van der Waals surface area contributed by atoms with Gasteiger partial charge in [0.2, 0.25) is 0 Å². The van der Waals surface area contributed by atoms with Gasteiger partial charge in [-0.2, -0.15) is 5.10 Å². The number of halogens is 3. The van der Waals surface area contributed by atoms with Crippen molar-refractivity contribution in [2.24, 2.45) is 0 Å². The summed E-state index contributed by atoms with van der Waals surface area (Å²) in [6.45, 7) is 2.05. The molecule has 10 heteroatoms. The van der Waals surface area contributed by atoms with E-state index in [1.165, 1.54) is 0 Å². The fourth-order valence-electron chi connectivity index (χ4n) is 5.19. The van der Waals surface area contributed by atoms with Gasteiger partial charge in [-0.25, -0.2) is 8.78 Å². The number of ether oxygens (including phenoxy) is 1. The first kappa shape index (κ1) is 24.0. The third kappa shape index (κ3) is 4.87. The Morgan fingerprint density at radius 3 is 2.74 bits per heavy atom. The van der Waals surface area contributed by atoms with E-state index in [1.54, 1.807) is 17.3 Å². The molecule has 1 fully saturated rings. The predicted octanol–water partition coefficient (Wildman–Crippen LogP) is 3.34. The lowest BCUT2D eigenvalue weighted by atomic mass is 9.85. The van der Waals surface area contributed by atoms with Crippen LogP contribution in [-0.4, -0.2) is 87.6 Å². The second kappa shape index (κ2) is 9.75. The quantitative estimate of drug-likeness (QED) is 0.480. The van der Waals surface area contributed by atoms with Crippen molar-refractivity contribution in [2.75, 3.05) is 39.5 Å². The van der Waals surface area contributed by atoms with Crippen LogP contribution in [0.2, 0.25) is 0 Å². The number of benzene rings is 1. The third-order valence-corrected chi connectivity index (χ3v) is 6.98. The highest BCUT2D eigenvalue weighted by molar-refractivity contribution is 5.83. The van der Waals surface area contributed by atoms with E-state index in [9.17, 15) is 18.3 Å². The second-order valence-electron chi connectivity index (χ2n) is 9.57. The summed E-state index contributed by atoms with van der Waals surface area (Å²) >= 11 is 0. The molecule has 0 unspecified atom stereocenters. The lowest BCUT2D eigenvalue weighted by molar-refractivity contribution is -0.0864. The van der Waals surface area contributed by atoms with E-state index in [2.05, 4.69) is 20.1 Å². The Balaban J connectivity index is 1.41. The number of likely N-dealkylation sites (tertiary alicyclic amines) is 1. The average Bonchev–Trinajstić information content (AvgIpc) is 3.31. The Morgan fingerprint density at radius 1 is 1.20 bits per heavy atom. The Hall–Kier alpha value is -2.69. The number of nitrogens with one attached hydrogen (secondary N) is 1. The monoisotopic (exact) mass is 489 g/mol. The maximum absolute atomic E-state index is 14.4. The summed E-state index contributed by atoms with van der Waals surface area (Å²) in [5, 5.41) is 17.4. The van der Waals surface area contributed by atoms with Crippen molar-refractivity contribution in [2.45, 2.75) is 43.9 Å². The zero-order chi connectivity index (χ0) is 24.6. The fourth-order valence-corrected chi connectivity index (χ4v) is 5.19. The highest BCUT2D eigenvalue weighted by Crippen LogP contribution is 2.41. The predicted molar refractivity (Wildman–Crippen MR) is 126 cm³/mol. The number of aliphatic hydroxyl groups is 1. The van der Waals surface area contributed by atoms with Gasteiger partial charge < -0.3 is 9.84 Å². The standard InChI is InChI=1S/C25H30F3N5O2/c1-16-9-20-19(4-6-22-21(20)11-30-31-22)24(33(16)14-25(27,28)15-34)23-5-3-17(10-29-23)35-18-12-32(13-18)8-2-7-26/h3-6,10-11,16,18,24,34H,2,7-9,12-15H2,1H3,(H,30,31)/t16-,24+/m1/s1. The van der Waals surface area contributed by atoms with Crippen LogP contribution in [0.1, 0.15) is 36.2 Å². The molecule has 2 aromatic heterocycles. The molecule has 5 rings (SSSR count). The van der Waals surface area contributed by atoms with Gasteiger partial charge >= 0.3 is 0 Å². The number of nitrogens with zero attached hydrogens (tertiary/aromatic N) is 4. The van der Waals surface area contributed by atoms with E-state index in [0.717, 1.165) is 41.7 Å². The first-order valence-electron chi connectivity index (χ1n) is 12.0. The van der Waals surface area contributed by atoms with Crippen LogP contribution in [0.3, 0.4) is 0 Å². The van der Waals surface area contributed by atoms with Gasteiger partial charge in [0.05, 0.1) is 42.9 Å². The minimum Gasteiger partial charge on any atom is -0.486 e. The molecule has 2 atom stereocenters. The highest BCUT2D eigenvalue weighted by Gasteiger charge is 2.41. The van der Waals surface area contributed by atoms with Crippen molar-refractivity contribution < 1.29 is 23.0 Å². The molecule has 0 saturated carbocycles. The van der Waals surface area contributed by atoms with Crippen molar-refractivity contribution in [1.82, 2.24) is 25.0 Å². The number of fused-ring (bicyclic) bond motifs is 3. The Morgan fingerprint density at radius 2 is 2.03 bits per heavy atom. The van der Waals surface area contributed by atoms with Crippen LogP contribution in [0.5, 0.6) is 5.75 Å². The second-order valence-corrected chi connectivity index (χ2v) is 9.57. The van der Waals surface area contributed by atoms with Gasteiger partial charge in [-0.3, -0.25) is 24.3 Å². The zero-order valence-corrected chi connectivity index (χ0v) is 19.6. The molecule has 2 aliphatic rings. The van der Waals surface area contributed by atoms with Crippen molar-refractivity contribution >= 4 is 10.9 Å². The molecule has 0 amide bonds. The first-order chi connectivity index (χ1) is 16.9. The summed E-state index contributed by atoms with van der Waals surface area (Å²) in [6.07, 6.45) is 4.56. The molecule has 1 aromatic carbocycles. The van der Waals surface area contributed by atoms with E-state index in [4.69, 9.17) is 4.74 Å². The van der Waals surface area contributed by atoms with E-state index in [-0.39, 0.29) is 18.8 Å². The first-order valence-corrected chi connectivity index (χ1v) is 12.0. The molecule has 7 nitrogen and oxygen atoms in total. The number of alkyl halides is 3. The molecule has 2 N–H and O–H groups in total. The van der Waals surface area contributed by atoms with Crippen LogP contribution in [0.25, 0.3) is 10.9 Å². The van der Waals surface area contributed by atoms with Crippen LogP contribution >= 0.6 is 0 Å². The van der Waals surface area contributed by atoms with Crippen LogP contribution in [0.4, 0.5) is 13.2 Å². The maximum atomic E-state index is 14.4. The minimum atomic E-state index is -3.23. The summed E-state index contributed by atoms with van der Waals surface area (Å²) in [4.78, 5) is 8.49. The maximum Gasteiger partial charge on any atom is 0.283 e. The van der Waals surface area contributed by atoms with E-state index < -0.39 is 25.1 Å². The normalized spacial score (nSPS) is 21.7. The van der Waals surface area contributed by atoms with Gasteiger partial charge in [-0.1, -0.05) is 6.07 Å². The molecular weight excluding hydrogens is 459 g/mol. The van der Waals surface area contributed by atoms with Crippen LogP contribution in [0, 0.1) is 0 Å². The van der Waals surface area contributed by atoms with E-state index in [1.807, 2.05) is 31.2 Å². The van der Waals surface area contributed by atoms with E-state index in [0.29, 0.717) is 24.3 Å². The molecule has 0 aliphatic carbocycles. The largest absolute Gasteiger partial charge is 0.486 e. The Labute approximate surface area is 201 Å². The molecule has 3 aromatic rings. The molecule has 1 saturated heterocycles. The van der Waals surface area contributed by atoms with Gasteiger partial charge in [0.1, 0.15) is 18.5 Å². The number of rotatable bonds is 9. The summed E-state index contributed by atoms with van der Waals surface area (Å²) in [6, 6.07) is 6.81. The van der Waals surface area contributed by atoms with E-state index >= 15 is 0 Å². The lowest BCUT2D eigenvalue weighted by Crippen LogP contribution is -2.53. The number of hydrogen-bond acceptors (Lipinski definition) is 6. The number of aromatic amines is 1. The van der Waals surface area contributed by atoms with Crippen molar-refractivity contribution in [3.63, 3.8) is 0 Å². The van der Waals surface area contributed by atoms with Crippen LogP contribution in [0.15, 0.2) is 36.7 Å². The van der Waals surface area contributed by atoms with Gasteiger partial charge in [-0.05, 0) is 49.1 Å². The minimum absolute atomic E-state index is 0.0341. The highest BCUT2D eigenvalue weighted by atomic mass is 19.3. The molecule has 2 aliphatic heterocycles. The molecular formula is C25H30F3N5O2. The third-order valence-electron chi connectivity index (χ3n) is 6.98. The number of pyridine rings is 1. The summed E-state index contributed by atoms with van der Waals surface area (Å²) < 4.78 is 47.1. The van der Waals surface area contributed by atoms with Gasteiger partial charge in [0.15, 0.2) is 0 Å². The Bertz CT molecular complexity index is 1150. The van der Waals surface area contributed by atoms with Gasteiger partial charge in [-0.15, -0.1) is 0 Å². The van der Waals surface area contributed by atoms with Crippen molar-refractivity contribution in [3.8, 4) is 5.75 Å². The summed E-state index contributed by atoms with van der Waals surface area (Å²) in [5.74, 6) is -2.61.